The molecule has 1 radical (unpaired) electrons. The monoisotopic (exact) mass is 947 g/mol. The van der Waals surface area contributed by atoms with Gasteiger partial charge in [-0.2, -0.15) is 11.3 Å². The number of carbonyl (C=O) groups is 1. The summed E-state index contributed by atoms with van der Waals surface area (Å²) in [6.07, 6.45) is 6.94. The number of ketones is 1. The van der Waals surface area contributed by atoms with Crippen molar-refractivity contribution in [3.8, 4) is 11.3 Å². The maximum atomic E-state index is 11.7. The Morgan fingerprint density at radius 3 is 1.80 bits per heavy atom. The maximum absolute atomic E-state index is 11.7. The summed E-state index contributed by atoms with van der Waals surface area (Å²) in [5, 5.41) is 13.7. The molecule has 0 aliphatic heterocycles. The molecule has 2 aromatic carbocycles. The van der Waals surface area contributed by atoms with Crippen molar-refractivity contribution in [3.63, 3.8) is 0 Å². The van der Waals surface area contributed by atoms with Crippen LogP contribution in [0.1, 0.15) is 137 Å². The van der Waals surface area contributed by atoms with Gasteiger partial charge < -0.3 is 5.11 Å². The van der Waals surface area contributed by atoms with Crippen LogP contribution in [0.15, 0.2) is 42.3 Å². The Bertz CT molecular complexity index is 1820. The number of aliphatic hydroxyl groups excluding tert-OH is 1. The number of aromatic nitrogens is 1. The third-order valence-electron chi connectivity index (χ3n) is 11.2. The fraction of sp³-hybridized carbons (Fsp3) is 0.583. The summed E-state index contributed by atoms with van der Waals surface area (Å²) in [5.41, 5.74) is 7.86. The number of benzene rings is 2. The van der Waals surface area contributed by atoms with Crippen LogP contribution in [0, 0.1) is 56.4 Å². The molecule has 4 rings (SSSR count). The van der Waals surface area contributed by atoms with Gasteiger partial charge in [0.15, 0.2) is 5.78 Å². The molecule has 0 bridgehead atoms. The molecule has 0 saturated carbocycles. The summed E-state index contributed by atoms with van der Waals surface area (Å²) < 4.78 is 3.09. The molecule has 0 aliphatic carbocycles. The topological polar surface area (TPSA) is 50.2 Å². The first-order chi connectivity index (χ1) is 24.9. The van der Waals surface area contributed by atoms with E-state index in [-0.39, 0.29) is 43.5 Å². The van der Waals surface area contributed by atoms with Crippen molar-refractivity contribution in [2.45, 2.75) is 154 Å². The smallest absolute Gasteiger partial charge is 0.162 e. The van der Waals surface area contributed by atoms with Crippen LogP contribution in [-0.4, -0.2) is 23.9 Å². The van der Waals surface area contributed by atoms with Crippen LogP contribution in [0.2, 0.25) is 18.1 Å². The Kier molecular flexibility index (Phi) is 19.1. The summed E-state index contributed by atoms with van der Waals surface area (Å²) >= 11 is 2.08. The summed E-state index contributed by atoms with van der Waals surface area (Å²) in [6, 6.07) is 17.2. The minimum Gasteiger partial charge on any atom is -0.512 e. The molecule has 0 atom stereocenters. The van der Waals surface area contributed by atoms with Crippen molar-refractivity contribution in [1.29, 1.82) is 0 Å². The molecule has 0 aliphatic rings. The van der Waals surface area contributed by atoms with Gasteiger partial charge in [0, 0.05) is 54.6 Å². The molecule has 0 fully saturated rings. The molecule has 4 aromatic rings. The Labute approximate surface area is 348 Å². The number of allylic oxidation sites excluding steroid dienone is 2. The Morgan fingerprint density at radius 1 is 0.796 bits per heavy atom. The predicted octanol–water partition coefficient (Wildman–Crippen LogP) is 14.5. The van der Waals surface area contributed by atoms with Crippen LogP contribution in [0.3, 0.4) is 0 Å². The minimum atomic E-state index is -1.72. The molecule has 3 nitrogen and oxygen atoms in total. The summed E-state index contributed by atoms with van der Waals surface area (Å²) in [4.78, 5) is 16.8. The number of hydrogen-bond acceptors (Lipinski definition) is 4. The van der Waals surface area contributed by atoms with Gasteiger partial charge in [-0.15, -0.1) is 29.1 Å². The minimum absolute atomic E-state index is 0. The van der Waals surface area contributed by atoms with Crippen LogP contribution in [0.5, 0.6) is 0 Å². The van der Waals surface area contributed by atoms with Crippen LogP contribution in [0.25, 0.3) is 32.1 Å². The van der Waals surface area contributed by atoms with Gasteiger partial charge in [-0.25, -0.2) is 0 Å². The first kappa shape index (κ1) is 48.0. The second-order valence-corrected chi connectivity index (χ2v) is 23.1. The Hall–Kier alpha value is -2.11. The summed E-state index contributed by atoms with van der Waals surface area (Å²) in [5.74, 6) is 3.14. The third kappa shape index (κ3) is 11.7. The number of aryl methyl sites for hydroxylation is 3. The molecular formula is C48H72IrNO2SSi-. The molecular weight excluding hydrogens is 875 g/mol. The van der Waals surface area contributed by atoms with Crippen LogP contribution < -0.4 is 4.50 Å². The van der Waals surface area contributed by atoms with Crippen LogP contribution in [-0.2, 0) is 24.9 Å². The van der Waals surface area contributed by atoms with E-state index in [2.05, 4.69) is 118 Å². The van der Waals surface area contributed by atoms with Gasteiger partial charge in [0.25, 0.3) is 0 Å². The fourth-order valence-corrected chi connectivity index (χ4v) is 18.3. The molecule has 1 N–H and O–H groups in total. The second-order valence-electron chi connectivity index (χ2n) is 17.4. The standard InChI is InChI=1S/C35H48NSSi.C13H24O2.Ir/c1-21(2)18-38(19-22(3)4,20-23(5)6)35-27(11)30-12-13-36-33(34(30)37-35)29-16-28-14-25(9)26(10)15-32(28)31(17-29)24(7)8;1-5-10(6-2)12(14)9-13(15)11(7-3)8-4;/h12-15,17,21-24H,18-20H2,1-11H3;9-11,14H,5-8H2,1-4H3;/q-1;;/b;12-9-;. The van der Waals surface area contributed by atoms with E-state index in [1.165, 1.54) is 67.3 Å². The number of carbonyl (C=O) groups excluding carboxylic acids is 1. The molecule has 0 unspecified atom stereocenters. The van der Waals surface area contributed by atoms with E-state index in [1.807, 2.05) is 33.9 Å². The average Bonchev–Trinajstić information content (AvgIpc) is 3.42. The molecule has 2 aromatic heterocycles. The van der Waals surface area contributed by atoms with Gasteiger partial charge >= 0.3 is 0 Å². The number of nitrogens with zero attached hydrogens (tertiary/aromatic N) is 1. The molecule has 0 spiro atoms. The third-order valence-corrected chi connectivity index (χ3v) is 20.1. The van der Waals surface area contributed by atoms with E-state index in [0.717, 1.165) is 54.7 Å². The first-order valence-electron chi connectivity index (χ1n) is 20.7. The molecule has 54 heavy (non-hydrogen) atoms. The Morgan fingerprint density at radius 2 is 1.31 bits per heavy atom. The maximum Gasteiger partial charge on any atom is 0.162 e. The van der Waals surface area contributed by atoms with Crippen molar-refractivity contribution in [2.75, 3.05) is 0 Å². The SMILES string of the molecule is CCC(CC)C(=O)/C=C(\O)C(CC)CC.Cc1cc2[c-]c(-c3nccc4c(C)c([Si](CC(C)C)(CC(C)C)CC(C)C)sc34)cc(C(C)C)c2cc1C.[Ir]. The van der Waals surface area contributed by atoms with E-state index in [0.29, 0.717) is 5.92 Å². The van der Waals surface area contributed by atoms with Gasteiger partial charge in [-0.05, 0) is 91.6 Å². The molecule has 2 heterocycles. The first-order valence-corrected chi connectivity index (χ1v) is 24.2. The Balaban J connectivity index is 0.000000536. The normalized spacial score (nSPS) is 12.5. The predicted molar refractivity (Wildman–Crippen MR) is 238 cm³/mol. The van der Waals surface area contributed by atoms with Gasteiger partial charge in [0.1, 0.15) is 8.07 Å². The van der Waals surface area contributed by atoms with E-state index < -0.39 is 8.07 Å². The second kappa shape index (κ2) is 21.4. The van der Waals surface area contributed by atoms with Gasteiger partial charge in [-0.3, -0.25) is 9.78 Å². The van der Waals surface area contributed by atoms with E-state index in [9.17, 15) is 9.90 Å². The summed E-state index contributed by atoms with van der Waals surface area (Å²) in [6.45, 7) is 34.1. The zero-order valence-electron chi connectivity index (χ0n) is 36.4. The van der Waals surface area contributed by atoms with Crippen LogP contribution >= 0.6 is 11.3 Å². The molecule has 0 saturated heterocycles. The van der Waals surface area contributed by atoms with Gasteiger partial charge in [0.05, 0.1) is 5.76 Å². The number of hydrogen-bond donors (Lipinski definition) is 1. The molecule has 301 valence electrons. The quantitative estimate of drug-likeness (QED) is 0.0527. The van der Waals surface area contributed by atoms with Gasteiger partial charge in [-0.1, -0.05) is 129 Å². The number of rotatable bonds is 16. The number of pyridine rings is 1. The van der Waals surface area contributed by atoms with E-state index >= 15 is 0 Å². The van der Waals surface area contributed by atoms with Gasteiger partial charge in [0.2, 0.25) is 0 Å². The molecule has 0 amide bonds. The van der Waals surface area contributed by atoms with E-state index in [1.54, 1.807) is 4.50 Å². The zero-order valence-corrected chi connectivity index (χ0v) is 40.6. The number of thiophene rings is 1. The summed E-state index contributed by atoms with van der Waals surface area (Å²) in [7, 11) is -1.72. The average molecular weight is 947 g/mol. The fourth-order valence-electron chi connectivity index (χ4n) is 8.68. The van der Waals surface area contributed by atoms with Crippen molar-refractivity contribution in [3.05, 3.63) is 70.6 Å². The van der Waals surface area contributed by atoms with Crippen molar-refractivity contribution in [2.24, 2.45) is 29.6 Å². The number of fused-ring (bicyclic) bond motifs is 2. The van der Waals surface area contributed by atoms with Crippen LogP contribution in [0.4, 0.5) is 0 Å². The largest absolute Gasteiger partial charge is 0.512 e. The zero-order chi connectivity index (χ0) is 39.8. The molecule has 6 heteroatoms. The van der Waals surface area contributed by atoms with Crippen molar-refractivity contribution in [1.82, 2.24) is 4.98 Å². The van der Waals surface area contributed by atoms with E-state index in [4.69, 9.17) is 4.98 Å². The van der Waals surface area contributed by atoms with Crippen molar-refractivity contribution >= 4 is 50.6 Å². The van der Waals surface area contributed by atoms with Crippen molar-refractivity contribution < 1.29 is 30.0 Å². The number of aliphatic hydroxyl groups is 1.